The average molecular weight is 358 g/mol. The zero-order chi connectivity index (χ0) is 18.8. The van der Waals surface area contributed by atoms with Gasteiger partial charge in [0.25, 0.3) is 0 Å². The van der Waals surface area contributed by atoms with Crippen LogP contribution in [-0.4, -0.2) is 22.8 Å². The third-order valence-electron chi connectivity index (χ3n) is 4.03. The van der Waals surface area contributed by atoms with Crippen molar-refractivity contribution in [2.24, 2.45) is 0 Å². The monoisotopic (exact) mass is 358 g/mol. The fraction of sp³-hybridized carbons (Fsp3) is 0.381. The van der Waals surface area contributed by atoms with Crippen molar-refractivity contribution in [2.75, 3.05) is 6.61 Å². The van der Waals surface area contributed by atoms with Crippen molar-refractivity contribution in [2.45, 2.75) is 45.6 Å². The number of carbonyl (C=O) groups is 1. The first-order valence-electron chi connectivity index (χ1n) is 9.01. The molecule has 0 saturated carbocycles. The number of ether oxygens (including phenoxy) is 2. The second kappa shape index (κ2) is 10.3. The fourth-order valence-electron chi connectivity index (χ4n) is 2.64. The van der Waals surface area contributed by atoms with E-state index in [1.54, 1.807) is 6.07 Å². The van der Waals surface area contributed by atoms with E-state index in [0.717, 1.165) is 17.7 Å². The van der Waals surface area contributed by atoms with Crippen molar-refractivity contribution in [1.29, 1.82) is 0 Å². The minimum atomic E-state index is -1.22. The molecule has 0 aliphatic carbocycles. The molecule has 0 radical (unpaired) electrons. The van der Waals surface area contributed by atoms with Crippen LogP contribution in [0.15, 0.2) is 42.5 Å². The smallest absolute Gasteiger partial charge is 0.343 e. The van der Waals surface area contributed by atoms with Crippen LogP contribution in [0.5, 0.6) is 17.2 Å². The number of carboxylic acids is 1. The molecule has 5 heteroatoms. The summed E-state index contributed by atoms with van der Waals surface area (Å²) >= 11 is 0. The first-order valence-corrected chi connectivity index (χ1v) is 9.01. The SMILES string of the molecule is CCCCCCCOc1cccc(COc2cccc(O)c2C(=O)O)c1. The van der Waals surface area contributed by atoms with Crippen LogP contribution < -0.4 is 9.47 Å². The Bertz CT molecular complexity index is 711. The van der Waals surface area contributed by atoms with Gasteiger partial charge in [0.1, 0.15) is 29.4 Å². The quantitative estimate of drug-likeness (QED) is 0.552. The molecule has 0 heterocycles. The molecule has 5 nitrogen and oxygen atoms in total. The van der Waals surface area contributed by atoms with E-state index in [4.69, 9.17) is 9.47 Å². The van der Waals surface area contributed by atoms with E-state index in [1.807, 2.05) is 24.3 Å². The van der Waals surface area contributed by atoms with Crippen LogP contribution in [0.3, 0.4) is 0 Å². The molecule has 2 aromatic carbocycles. The highest BCUT2D eigenvalue weighted by atomic mass is 16.5. The molecule has 140 valence electrons. The van der Waals surface area contributed by atoms with Crippen molar-refractivity contribution >= 4 is 5.97 Å². The highest BCUT2D eigenvalue weighted by molar-refractivity contribution is 5.93. The summed E-state index contributed by atoms with van der Waals surface area (Å²) in [5.74, 6) is -0.621. The lowest BCUT2D eigenvalue weighted by Gasteiger charge is -2.11. The summed E-state index contributed by atoms with van der Waals surface area (Å²) in [7, 11) is 0. The molecule has 0 bridgehead atoms. The molecule has 0 saturated heterocycles. The Morgan fingerprint density at radius 2 is 1.77 bits per heavy atom. The number of phenols is 1. The molecule has 26 heavy (non-hydrogen) atoms. The van der Waals surface area contributed by atoms with E-state index >= 15 is 0 Å². The summed E-state index contributed by atoms with van der Waals surface area (Å²) in [6, 6.07) is 11.9. The maximum absolute atomic E-state index is 11.3. The highest BCUT2D eigenvalue weighted by Gasteiger charge is 2.16. The second-order valence-electron chi connectivity index (χ2n) is 6.15. The Morgan fingerprint density at radius 3 is 2.54 bits per heavy atom. The van der Waals surface area contributed by atoms with Gasteiger partial charge >= 0.3 is 5.97 Å². The number of unbranched alkanes of at least 4 members (excludes halogenated alkanes) is 4. The lowest BCUT2D eigenvalue weighted by atomic mass is 10.1. The number of aromatic hydroxyl groups is 1. The van der Waals surface area contributed by atoms with Crippen molar-refractivity contribution in [3.63, 3.8) is 0 Å². The molecular formula is C21H26O5. The van der Waals surface area contributed by atoms with Crippen LogP contribution in [-0.2, 0) is 6.61 Å². The molecule has 0 aliphatic rings. The minimum Gasteiger partial charge on any atom is -0.507 e. The van der Waals surface area contributed by atoms with E-state index in [1.165, 1.54) is 37.8 Å². The van der Waals surface area contributed by atoms with E-state index < -0.39 is 5.97 Å². The van der Waals surface area contributed by atoms with Crippen molar-refractivity contribution in [3.8, 4) is 17.2 Å². The molecule has 0 fully saturated rings. The van der Waals surface area contributed by atoms with Crippen LogP contribution in [0, 0.1) is 0 Å². The summed E-state index contributed by atoms with van der Waals surface area (Å²) in [4.78, 5) is 11.3. The molecule has 0 aromatic heterocycles. The van der Waals surface area contributed by atoms with Gasteiger partial charge in [-0.1, -0.05) is 50.8 Å². The number of rotatable bonds is 11. The average Bonchev–Trinajstić information content (AvgIpc) is 2.63. The van der Waals surface area contributed by atoms with Gasteiger partial charge in [0.05, 0.1) is 6.61 Å². The van der Waals surface area contributed by atoms with Gasteiger partial charge in [-0.25, -0.2) is 4.79 Å². The van der Waals surface area contributed by atoms with Gasteiger partial charge in [-0.15, -0.1) is 0 Å². The number of hydrogen-bond donors (Lipinski definition) is 2. The zero-order valence-electron chi connectivity index (χ0n) is 15.1. The third-order valence-corrected chi connectivity index (χ3v) is 4.03. The molecule has 0 aliphatic heterocycles. The van der Waals surface area contributed by atoms with Crippen LogP contribution >= 0.6 is 0 Å². The summed E-state index contributed by atoms with van der Waals surface area (Å²) in [5, 5.41) is 18.9. The second-order valence-corrected chi connectivity index (χ2v) is 6.15. The lowest BCUT2D eigenvalue weighted by Crippen LogP contribution is -2.04. The van der Waals surface area contributed by atoms with Crippen LogP contribution in [0.4, 0.5) is 0 Å². The maximum atomic E-state index is 11.3. The van der Waals surface area contributed by atoms with Gasteiger partial charge in [-0.3, -0.25) is 0 Å². The number of hydrogen-bond acceptors (Lipinski definition) is 4. The Kier molecular flexibility index (Phi) is 7.80. The molecule has 2 aromatic rings. The van der Waals surface area contributed by atoms with Crippen LogP contribution in [0.1, 0.15) is 54.9 Å². The molecule has 0 amide bonds. The van der Waals surface area contributed by atoms with Gasteiger partial charge in [0.2, 0.25) is 0 Å². The number of aromatic carboxylic acids is 1. The van der Waals surface area contributed by atoms with Crippen molar-refractivity contribution in [3.05, 3.63) is 53.6 Å². The predicted octanol–water partition coefficient (Wildman–Crippen LogP) is 5.02. The molecule has 0 spiro atoms. The van der Waals surface area contributed by atoms with Gasteiger partial charge < -0.3 is 19.7 Å². The topological polar surface area (TPSA) is 76.0 Å². The molecule has 0 unspecified atom stereocenters. The number of carboxylic acid groups (broad SMARTS) is 1. The van der Waals surface area contributed by atoms with Crippen molar-refractivity contribution < 1.29 is 24.5 Å². The summed E-state index contributed by atoms with van der Waals surface area (Å²) in [5.41, 5.74) is 0.639. The maximum Gasteiger partial charge on any atom is 0.343 e. The number of benzene rings is 2. The summed E-state index contributed by atoms with van der Waals surface area (Å²) in [6.45, 7) is 3.07. The Labute approximate surface area is 154 Å². The standard InChI is InChI=1S/C21H26O5/c1-2-3-4-5-6-13-25-17-10-7-9-16(14-17)15-26-19-12-8-11-18(22)20(19)21(23)24/h7-12,14,22H,2-6,13,15H2,1H3,(H,23,24). The van der Waals surface area contributed by atoms with Crippen molar-refractivity contribution in [1.82, 2.24) is 0 Å². The summed E-state index contributed by atoms with van der Waals surface area (Å²) in [6.07, 6.45) is 5.94. The third kappa shape index (κ3) is 5.99. The zero-order valence-corrected chi connectivity index (χ0v) is 15.1. The Hall–Kier alpha value is -2.69. The first-order chi connectivity index (χ1) is 12.6. The van der Waals surface area contributed by atoms with Crippen LogP contribution in [0.2, 0.25) is 0 Å². The van der Waals surface area contributed by atoms with Gasteiger partial charge in [0, 0.05) is 0 Å². The van der Waals surface area contributed by atoms with Gasteiger partial charge in [-0.05, 0) is 36.2 Å². The van der Waals surface area contributed by atoms with E-state index in [-0.39, 0.29) is 23.7 Å². The molecule has 2 N–H and O–H groups in total. The molecule has 2 rings (SSSR count). The fourth-order valence-corrected chi connectivity index (χ4v) is 2.64. The Morgan fingerprint density at radius 1 is 1.00 bits per heavy atom. The Balaban J connectivity index is 1.89. The normalized spacial score (nSPS) is 10.5. The summed E-state index contributed by atoms with van der Waals surface area (Å²) < 4.78 is 11.4. The molecular weight excluding hydrogens is 332 g/mol. The van der Waals surface area contributed by atoms with E-state index in [0.29, 0.717) is 6.61 Å². The largest absolute Gasteiger partial charge is 0.507 e. The van der Waals surface area contributed by atoms with Gasteiger partial charge in [0.15, 0.2) is 0 Å². The highest BCUT2D eigenvalue weighted by Crippen LogP contribution is 2.28. The minimum absolute atomic E-state index is 0.139. The van der Waals surface area contributed by atoms with E-state index in [2.05, 4.69) is 6.92 Å². The van der Waals surface area contributed by atoms with Crippen LogP contribution in [0.25, 0.3) is 0 Å². The van der Waals surface area contributed by atoms with E-state index in [9.17, 15) is 15.0 Å². The molecule has 0 atom stereocenters. The lowest BCUT2D eigenvalue weighted by molar-refractivity contribution is 0.0688. The predicted molar refractivity (Wildman–Crippen MR) is 100 cm³/mol. The van der Waals surface area contributed by atoms with Gasteiger partial charge in [-0.2, -0.15) is 0 Å². The first kappa shape index (κ1) is 19.6.